The van der Waals surface area contributed by atoms with Crippen molar-refractivity contribution < 1.29 is 34.2 Å². The average molecular weight is 403 g/mol. The van der Waals surface area contributed by atoms with Crippen LogP contribution in [0.25, 0.3) is 0 Å². The largest absolute Gasteiger partial charge is 0.462 e. The Morgan fingerprint density at radius 3 is 2.88 bits per heavy atom. The summed E-state index contributed by atoms with van der Waals surface area (Å²) in [5, 5.41) is 29.1. The summed E-state index contributed by atoms with van der Waals surface area (Å²) >= 11 is 0. The molecule has 1 aliphatic heterocycles. The van der Waals surface area contributed by atoms with Crippen LogP contribution in [0.5, 0.6) is 0 Å². The third-order valence-electron chi connectivity index (χ3n) is 3.74. The number of pyridine rings is 1. The third kappa shape index (κ3) is 5.70. The van der Waals surface area contributed by atoms with E-state index in [0.717, 1.165) is 17.9 Å². The van der Waals surface area contributed by atoms with E-state index in [1.165, 1.54) is 10.8 Å². The van der Waals surface area contributed by atoms with Gasteiger partial charge in [0.1, 0.15) is 17.8 Å². The summed E-state index contributed by atoms with van der Waals surface area (Å²) in [5.41, 5.74) is 0.318. The lowest BCUT2D eigenvalue weighted by Crippen LogP contribution is -2.46. The van der Waals surface area contributed by atoms with Crippen LogP contribution >= 0.6 is 21.6 Å². The Kier molecular flexibility index (Phi) is 8.89. The number of aliphatic hydroxyl groups is 3. The monoisotopic (exact) mass is 402 g/mol. The molecule has 0 saturated carbocycles. The standard InChI is InChI=1S/C17H24NO6S2/c1-2-8-25-26-9-4-7-23-17(22)12-5-3-6-18(10-12)16-15(21)14(20)13(11-19)24-16/h2-3,5-6,10,13-16,19-21H,1,4,7-9,11H2/q+1/t13-,14-,15-,16?/m1/s1. The molecule has 4 atom stereocenters. The second-order valence-electron chi connectivity index (χ2n) is 5.65. The normalized spacial score (nSPS) is 25.2. The first-order valence-electron chi connectivity index (χ1n) is 8.24. The van der Waals surface area contributed by atoms with Gasteiger partial charge in [0.2, 0.25) is 0 Å². The number of rotatable bonds is 10. The van der Waals surface area contributed by atoms with Crippen molar-refractivity contribution in [2.45, 2.75) is 31.0 Å². The summed E-state index contributed by atoms with van der Waals surface area (Å²) in [6.07, 6.45) is 1.57. The van der Waals surface area contributed by atoms with Crippen LogP contribution in [0.2, 0.25) is 0 Å². The Morgan fingerprint density at radius 2 is 2.19 bits per heavy atom. The van der Waals surface area contributed by atoms with Gasteiger partial charge in [0.25, 0.3) is 6.23 Å². The lowest BCUT2D eigenvalue weighted by molar-refractivity contribution is -0.765. The highest BCUT2D eigenvalue weighted by Gasteiger charge is 2.48. The van der Waals surface area contributed by atoms with Crippen LogP contribution in [0.1, 0.15) is 23.0 Å². The predicted molar refractivity (Wildman–Crippen MR) is 99.7 cm³/mol. The lowest BCUT2D eigenvalue weighted by Gasteiger charge is -2.10. The van der Waals surface area contributed by atoms with E-state index < -0.39 is 37.1 Å². The van der Waals surface area contributed by atoms with Crippen molar-refractivity contribution in [2.24, 2.45) is 0 Å². The second-order valence-corrected chi connectivity index (χ2v) is 8.28. The minimum atomic E-state index is -1.20. The van der Waals surface area contributed by atoms with Crippen LogP contribution in [-0.2, 0) is 9.47 Å². The molecular weight excluding hydrogens is 378 g/mol. The van der Waals surface area contributed by atoms with Gasteiger partial charge in [0, 0.05) is 17.6 Å². The summed E-state index contributed by atoms with van der Waals surface area (Å²) in [4.78, 5) is 12.2. The van der Waals surface area contributed by atoms with Crippen molar-refractivity contribution in [3.8, 4) is 0 Å². The van der Waals surface area contributed by atoms with Crippen LogP contribution in [0.3, 0.4) is 0 Å². The smallest absolute Gasteiger partial charge is 0.344 e. The summed E-state index contributed by atoms with van der Waals surface area (Å²) in [6.45, 7) is 3.57. The molecule has 7 nitrogen and oxygen atoms in total. The number of ether oxygens (including phenoxy) is 2. The molecule has 1 aromatic heterocycles. The maximum atomic E-state index is 12.2. The molecule has 0 amide bonds. The van der Waals surface area contributed by atoms with Gasteiger partial charge in [-0.25, -0.2) is 4.79 Å². The van der Waals surface area contributed by atoms with Crippen LogP contribution < -0.4 is 4.57 Å². The summed E-state index contributed by atoms with van der Waals surface area (Å²) in [6, 6.07) is 3.24. The number of aliphatic hydroxyl groups excluding tert-OH is 3. The molecule has 2 rings (SSSR count). The fourth-order valence-corrected chi connectivity index (χ4v) is 4.25. The zero-order valence-electron chi connectivity index (χ0n) is 14.3. The molecule has 9 heteroatoms. The molecule has 0 bridgehead atoms. The van der Waals surface area contributed by atoms with Gasteiger partial charge in [-0.05, 0) is 12.5 Å². The highest BCUT2D eigenvalue weighted by molar-refractivity contribution is 8.76. The number of carbonyl (C=O) groups excluding carboxylic acids is 1. The lowest BCUT2D eigenvalue weighted by atomic mass is 10.1. The first-order valence-corrected chi connectivity index (χ1v) is 10.7. The van der Waals surface area contributed by atoms with E-state index in [0.29, 0.717) is 12.2 Å². The molecule has 1 saturated heterocycles. The molecule has 26 heavy (non-hydrogen) atoms. The minimum Gasteiger partial charge on any atom is -0.462 e. The predicted octanol–water partition coefficient (Wildman–Crippen LogP) is 0.700. The molecule has 0 aliphatic carbocycles. The molecule has 1 fully saturated rings. The zero-order valence-corrected chi connectivity index (χ0v) is 15.9. The van der Waals surface area contributed by atoms with E-state index in [1.807, 2.05) is 6.08 Å². The SMILES string of the molecule is C=CCSSCCCOC(=O)c1ccc[n+](C2O[C@H](CO)[C@@H](O)[C@H]2O)c1. The van der Waals surface area contributed by atoms with Crippen molar-refractivity contribution in [1.29, 1.82) is 0 Å². The van der Waals surface area contributed by atoms with Crippen LogP contribution in [0.4, 0.5) is 0 Å². The molecular formula is C17H24NO6S2+. The molecule has 1 aromatic rings. The van der Waals surface area contributed by atoms with Gasteiger partial charge in [0.05, 0.1) is 13.2 Å². The van der Waals surface area contributed by atoms with E-state index in [1.54, 1.807) is 39.9 Å². The van der Waals surface area contributed by atoms with Crippen LogP contribution in [0.15, 0.2) is 37.2 Å². The fraction of sp³-hybridized carbons (Fsp3) is 0.529. The van der Waals surface area contributed by atoms with Gasteiger partial charge in [-0.3, -0.25) is 0 Å². The van der Waals surface area contributed by atoms with Crippen LogP contribution in [0, 0.1) is 0 Å². The Balaban J connectivity index is 1.86. The van der Waals surface area contributed by atoms with Crippen molar-refractivity contribution in [1.82, 2.24) is 0 Å². The van der Waals surface area contributed by atoms with E-state index in [9.17, 15) is 15.0 Å². The van der Waals surface area contributed by atoms with Crippen LogP contribution in [-0.4, -0.2) is 64.3 Å². The minimum absolute atomic E-state index is 0.318. The summed E-state index contributed by atoms with van der Waals surface area (Å²) in [5.74, 6) is 1.30. The molecule has 1 aliphatic rings. The van der Waals surface area contributed by atoms with Crippen molar-refractivity contribution in [3.63, 3.8) is 0 Å². The Hall–Kier alpha value is -1.10. The highest BCUT2D eigenvalue weighted by Crippen LogP contribution is 2.25. The number of nitrogens with zero attached hydrogens (tertiary/aromatic N) is 1. The first kappa shape index (κ1) is 21.2. The first-order chi connectivity index (χ1) is 12.6. The average Bonchev–Trinajstić information content (AvgIpc) is 2.95. The molecule has 0 aromatic carbocycles. The van der Waals surface area contributed by atoms with Gasteiger partial charge in [-0.1, -0.05) is 27.7 Å². The maximum absolute atomic E-state index is 12.2. The maximum Gasteiger partial charge on any atom is 0.344 e. The molecule has 0 spiro atoms. The number of aromatic nitrogens is 1. The summed E-state index contributed by atoms with van der Waals surface area (Å²) < 4.78 is 12.2. The van der Waals surface area contributed by atoms with Crippen molar-refractivity contribution in [2.75, 3.05) is 24.7 Å². The van der Waals surface area contributed by atoms with Crippen molar-refractivity contribution >= 4 is 27.6 Å². The molecule has 144 valence electrons. The molecule has 1 unspecified atom stereocenters. The quantitative estimate of drug-likeness (QED) is 0.173. The Labute approximate surface area is 160 Å². The topological polar surface area (TPSA) is 100 Å². The van der Waals surface area contributed by atoms with Crippen molar-refractivity contribution in [3.05, 3.63) is 42.7 Å². The number of esters is 1. The van der Waals surface area contributed by atoms with E-state index in [-0.39, 0.29) is 0 Å². The fourth-order valence-electron chi connectivity index (χ4n) is 2.42. The van der Waals surface area contributed by atoms with Gasteiger partial charge in [0.15, 0.2) is 18.5 Å². The van der Waals surface area contributed by atoms with Gasteiger partial charge < -0.3 is 24.8 Å². The number of hydrogen-bond donors (Lipinski definition) is 3. The Bertz CT molecular complexity index is 602. The molecule has 0 radical (unpaired) electrons. The second kappa shape index (κ2) is 10.9. The number of carbonyl (C=O) groups is 1. The Morgan fingerprint density at radius 1 is 1.38 bits per heavy atom. The van der Waals surface area contributed by atoms with E-state index >= 15 is 0 Å². The van der Waals surface area contributed by atoms with Gasteiger partial charge >= 0.3 is 5.97 Å². The van der Waals surface area contributed by atoms with E-state index in [4.69, 9.17) is 14.6 Å². The van der Waals surface area contributed by atoms with Gasteiger partial charge in [-0.15, -0.1) is 6.58 Å². The van der Waals surface area contributed by atoms with Gasteiger partial charge in [-0.2, -0.15) is 4.57 Å². The zero-order chi connectivity index (χ0) is 18.9. The highest BCUT2D eigenvalue weighted by atomic mass is 33.1. The number of hydrogen-bond acceptors (Lipinski definition) is 8. The van der Waals surface area contributed by atoms with E-state index in [2.05, 4.69) is 6.58 Å². The molecule has 2 heterocycles. The molecule has 3 N–H and O–H groups in total. The third-order valence-corrected chi connectivity index (χ3v) is 6.15. The summed E-state index contributed by atoms with van der Waals surface area (Å²) in [7, 11) is 3.41.